The summed E-state index contributed by atoms with van der Waals surface area (Å²) in [6, 6.07) is 0. The second-order valence-corrected chi connectivity index (χ2v) is 3.87. The predicted molar refractivity (Wildman–Crippen MR) is 47.7 cm³/mol. The van der Waals surface area contributed by atoms with Crippen LogP contribution in [0.2, 0.25) is 0 Å². The van der Waals surface area contributed by atoms with Gasteiger partial charge in [-0.1, -0.05) is 20.8 Å². The molecule has 0 heterocycles. The molecule has 74 valence electrons. The van der Waals surface area contributed by atoms with Gasteiger partial charge in [0.2, 0.25) is 0 Å². The second-order valence-electron chi connectivity index (χ2n) is 3.87. The van der Waals surface area contributed by atoms with Crippen molar-refractivity contribution in [3.63, 3.8) is 0 Å². The topological polar surface area (TPSA) is 60.7 Å². The fourth-order valence-electron chi connectivity index (χ4n) is 1.29. The Morgan fingerprint density at radius 1 is 0.917 bits per heavy atom. The largest absolute Gasteiger partial charge is 0.396 e. The van der Waals surface area contributed by atoms with Crippen molar-refractivity contribution in [3.05, 3.63) is 0 Å². The maximum atomic E-state index is 9.08. The van der Waals surface area contributed by atoms with E-state index < -0.39 is 5.41 Å². The van der Waals surface area contributed by atoms with Crippen LogP contribution in [-0.2, 0) is 0 Å². The molecule has 0 fully saturated rings. The van der Waals surface area contributed by atoms with E-state index in [9.17, 15) is 0 Å². The van der Waals surface area contributed by atoms with E-state index in [2.05, 4.69) is 0 Å². The predicted octanol–water partition coefficient (Wildman–Crippen LogP) is 0.242. The van der Waals surface area contributed by atoms with Gasteiger partial charge in [-0.25, -0.2) is 0 Å². The Balaban J connectivity index is 4.46. The first-order valence-corrected chi connectivity index (χ1v) is 4.36. The lowest BCUT2D eigenvalue weighted by atomic mass is 9.73. The van der Waals surface area contributed by atoms with E-state index >= 15 is 0 Å². The zero-order valence-corrected chi connectivity index (χ0v) is 8.12. The van der Waals surface area contributed by atoms with Gasteiger partial charge in [-0.3, -0.25) is 0 Å². The molecule has 0 radical (unpaired) electrons. The number of aliphatic hydroxyl groups excluding tert-OH is 3. The molecule has 0 aromatic rings. The van der Waals surface area contributed by atoms with E-state index in [0.717, 1.165) is 0 Å². The highest BCUT2D eigenvalue weighted by Crippen LogP contribution is 2.31. The second kappa shape index (κ2) is 4.80. The van der Waals surface area contributed by atoms with Crippen LogP contribution in [0.5, 0.6) is 0 Å². The summed E-state index contributed by atoms with van der Waals surface area (Å²) >= 11 is 0. The Morgan fingerprint density at radius 3 is 1.33 bits per heavy atom. The summed E-state index contributed by atoms with van der Waals surface area (Å²) in [6.45, 7) is 5.46. The molecule has 0 aliphatic rings. The number of rotatable bonds is 5. The van der Waals surface area contributed by atoms with Crippen molar-refractivity contribution < 1.29 is 15.3 Å². The summed E-state index contributed by atoms with van der Waals surface area (Å²) in [5.41, 5.74) is -0.728. The van der Waals surface area contributed by atoms with Gasteiger partial charge in [0.15, 0.2) is 0 Å². The maximum Gasteiger partial charge on any atom is 0.0534 e. The maximum absolute atomic E-state index is 9.08. The Morgan fingerprint density at radius 2 is 1.25 bits per heavy atom. The molecular weight excluding hydrogens is 156 g/mol. The standard InChI is InChI=1S/C9H20O3/c1-7(2)8(3)9(4-10,5-11)6-12/h7-8,10-12H,4-6H2,1-3H3. The van der Waals surface area contributed by atoms with E-state index in [1.54, 1.807) is 0 Å². The summed E-state index contributed by atoms with van der Waals surface area (Å²) in [5, 5.41) is 27.2. The Kier molecular flexibility index (Phi) is 4.75. The van der Waals surface area contributed by atoms with Gasteiger partial charge < -0.3 is 15.3 Å². The molecule has 0 spiro atoms. The van der Waals surface area contributed by atoms with Crippen LogP contribution in [-0.4, -0.2) is 35.1 Å². The van der Waals surface area contributed by atoms with Crippen molar-refractivity contribution in [2.45, 2.75) is 20.8 Å². The van der Waals surface area contributed by atoms with Crippen LogP contribution >= 0.6 is 0 Å². The minimum Gasteiger partial charge on any atom is -0.396 e. The van der Waals surface area contributed by atoms with Gasteiger partial charge in [0.05, 0.1) is 19.8 Å². The molecule has 3 heteroatoms. The Labute approximate surface area is 74.0 Å². The van der Waals surface area contributed by atoms with Crippen LogP contribution in [0.25, 0.3) is 0 Å². The SMILES string of the molecule is CC(C)C(C)C(CO)(CO)CO. The lowest BCUT2D eigenvalue weighted by Gasteiger charge is -2.36. The molecule has 3 nitrogen and oxygen atoms in total. The molecular formula is C9H20O3. The summed E-state index contributed by atoms with van der Waals surface area (Å²) in [6.07, 6.45) is 0. The fraction of sp³-hybridized carbons (Fsp3) is 1.00. The van der Waals surface area contributed by atoms with E-state index in [1.165, 1.54) is 0 Å². The Hall–Kier alpha value is -0.120. The van der Waals surface area contributed by atoms with E-state index in [-0.39, 0.29) is 25.7 Å². The van der Waals surface area contributed by atoms with Crippen molar-refractivity contribution in [1.29, 1.82) is 0 Å². The molecule has 0 aliphatic heterocycles. The summed E-state index contributed by atoms with van der Waals surface area (Å²) in [5.74, 6) is 0.453. The van der Waals surface area contributed by atoms with Gasteiger partial charge in [-0.05, 0) is 11.8 Å². The summed E-state index contributed by atoms with van der Waals surface area (Å²) < 4.78 is 0. The van der Waals surface area contributed by atoms with Crippen molar-refractivity contribution in [2.24, 2.45) is 17.3 Å². The van der Waals surface area contributed by atoms with Crippen LogP contribution in [0.1, 0.15) is 20.8 Å². The third-order valence-corrected chi connectivity index (χ3v) is 2.91. The van der Waals surface area contributed by atoms with Crippen LogP contribution in [0, 0.1) is 17.3 Å². The highest BCUT2D eigenvalue weighted by atomic mass is 16.3. The molecule has 1 unspecified atom stereocenters. The van der Waals surface area contributed by atoms with Gasteiger partial charge in [-0.2, -0.15) is 0 Å². The first-order valence-electron chi connectivity index (χ1n) is 4.36. The molecule has 0 rings (SSSR count). The molecule has 0 bridgehead atoms. The smallest absolute Gasteiger partial charge is 0.0534 e. The van der Waals surface area contributed by atoms with Crippen LogP contribution < -0.4 is 0 Å². The molecule has 0 saturated heterocycles. The van der Waals surface area contributed by atoms with Crippen molar-refractivity contribution >= 4 is 0 Å². The van der Waals surface area contributed by atoms with Gasteiger partial charge in [-0.15, -0.1) is 0 Å². The molecule has 0 aliphatic carbocycles. The van der Waals surface area contributed by atoms with Gasteiger partial charge in [0, 0.05) is 5.41 Å². The zero-order valence-electron chi connectivity index (χ0n) is 8.12. The number of hydrogen-bond acceptors (Lipinski definition) is 3. The van der Waals surface area contributed by atoms with E-state index in [4.69, 9.17) is 15.3 Å². The third kappa shape index (κ3) is 2.19. The van der Waals surface area contributed by atoms with Crippen LogP contribution in [0.4, 0.5) is 0 Å². The molecule has 0 aromatic carbocycles. The quantitative estimate of drug-likeness (QED) is 0.562. The van der Waals surface area contributed by atoms with Crippen LogP contribution in [0.3, 0.4) is 0 Å². The summed E-state index contributed by atoms with van der Waals surface area (Å²) in [7, 11) is 0. The van der Waals surface area contributed by atoms with E-state index in [1.807, 2.05) is 20.8 Å². The number of aliphatic hydroxyl groups is 3. The number of hydrogen-bond donors (Lipinski definition) is 3. The highest BCUT2D eigenvalue weighted by Gasteiger charge is 2.36. The normalized spacial score (nSPS) is 15.2. The van der Waals surface area contributed by atoms with Gasteiger partial charge >= 0.3 is 0 Å². The van der Waals surface area contributed by atoms with Crippen molar-refractivity contribution in [3.8, 4) is 0 Å². The lowest BCUT2D eigenvalue weighted by molar-refractivity contribution is -0.0467. The average Bonchev–Trinajstić information content (AvgIpc) is 2.08. The molecule has 3 N–H and O–H groups in total. The van der Waals surface area contributed by atoms with Crippen LogP contribution in [0.15, 0.2) is 0 Å². The molecule has 0 amide bonds. The minimum absolute atomic E-state index is 0.109. The lowest BCUT2D eigenvalue weighted by Crippen LogP contribution is -2.42. The molecule has 0 saturated carbocycles. The fourth-order valence-corrected chi connectivity index (χ4v) is 1.29. The average molecular weight is 176 g/mol. The van der Waals surface area contributed by atoms with Crippen molar-refractivity contribution in [1.82, 2.24) is 0 Å². The molecule has 12 heavy (non-hydrogen) atoms. The monoisotopic (exact) mass is 176 g/mol. The summed E-state index contributed by atoms with van der Waals surface area (Å²) in [4.78, 5) is 0. The van der Waals surface area contributed by atoms with E-state index in [0.29, 0.717) is 5.92 Å². The van der Waals surface area contributed by atoms with Crippen molar-refractivity contribution in [2.75, 3.05) is 19.8 Å². The van der Waals surface area contributed by atoms with Gasteiger partial charge in [0.1, 0.15) is 0 Å². The Bertz CT molecular complexity index is 111. The minimum atomic E-state index is -0.728. The first kappa shape index (κ1) is 11.9. The molecule has 1 atom stereocenters. The first-order chi connectivity index (χ1) is 5.54. The third-order valence-electron chi connectivity index (χ3n) is 2.91. The highest BCUT2D eigenvalue weighted by molar-refractivity contribution is 4.84. The van der Waals surface area contributed by atoms with Gasteiger partial charge in [0.25, 0.3) is 0 Å². The molecule has 0 aromatic heterocycles. The zero-order chi connectivity index (χ0) is 9.78.